The molecule has 0 aliphatic carbocycles. The van der Waals surface area contributed by atoms with Gasteiger partial charge in [0, 0.05) is 51.2 Å². The van der Waals surface area contributed by atoms with Crippen LogP contribution in [0.5, 0.6) is 17.2 Å². The molecule has 38 heavy (non-hydrogen) atoms. The van der Waals surface area contributed by atoms with E-state index in [1.165, 1.54) is 6.20 Å². The monoisotopic (exact) mass is 516 g/mol. The van der Waals surface area contributed by atoms with Gasteiger partial charge < -0.3 is 24.4 Å². The second kappa shape index (κ2) is 12.1. The molecule has 0 atom stereocenters. The molecule has 9 heteroatoms. The highest BCUT2D eigenvalue weighted by Crippen LogP contribution is 2.33. The van der Waals surface area contributed by atoms with Crippen molar-refractivity contribution in [2.45, 2.75) is 12.8 Å². The number of hydrogen-bond acceptors (Lipinski definition) is 7. The van der Waals surface area contributed by atoms with Gasteiger partial charge in [-0.15, -0.1) is 0 Å². The van der Waals surface area contributed by atoms with Crippen LogP contribution in [0.1, 0.15) is 21.6 Å². The molecule has 0 bridgehead atoms. The van der Waals surface area contributed by atoms with Gasteiger partial charge in [-0.3, -0.25) is 19.5 Å². The lowest BCUT2D eigenvalue weighted by Gasteiger charge is -2.26. The number of morpholine rings is 1. The van der Waals surface area contributed by atoms with Crippen LogP contribution < -0.4 is 19.7 Å². The maximum atomic E-state index is 13.2. The number of carbonyl (C=O) groups is 2. The molecule has 5 rings (SSSR count). The minimum absolute atomic E-state index is 0.0484. The number of anilines is 1. The van der Waals surface area contributed by atoms with Crippen LogP contribution in [0.25, 0.3) is 0 Å². The van der Waals surface area contributed by atoms with Crippen molar-refractivity contribution < 1.29 is 23.8 Å². The van der Waals surface area contributed by atoms with Crippen LogP contribution in [0.15, 0.2) is 60.8 Å². The lowest BCUT2D eigenvalue weighted by atomic mass is 10.1. The normalized spacial score (nSPS) is 15.1. The molecule has 0 spiro atoms. The molecule has 0 radical (unpaired) electrons. The van der Waals surface area contributed by atoms with E-state index in [1.807, 2.05) is 47.4 Å². The average Bonchev–Trinajstić information content (AvgIpc) is 3.37. The minimum atomic E-state index is -0.274. The number of rotatable bonds is 9. The van der Waals surface area contributed by atoms with Gasteiger partial charge in [-0.2, -0.15) is 0 Å². The highest BCUT2D eigenvalue weighted by Gasteiger charge is 2.25. The number of pyridine rings is 1. The smallest absolute Gasteiger partial charge is 0.269 e. The summed E-state index contributed by atoms with van der Waals surface area (Å²) in [5.41, 5.74) is 3.17. The fourth-order valence-electron chi connectivity index (χ4n) is 4.70. The van der Waals surface area contributed by atoms with Crippen LogP contribution in [0.3, 0.4) is 0 Å². The van der Waals surface area contributed by atoms with Crippen molar-refractivity contribution in [3.8, 4) is 17.2 Å². The number of benzene rings is 2. The maximum Gasteiger partial charge on any atom is 0.269 e. The lowest BCUT2D eigenvalue weighted by Crippen LogP contribution is -2.38. The van der Waals surface area contributed by atoms with Gasteiger partial charge >= 0.3 is 0 Å². The molecule has 3 heterocycles. The Morgan fingerprint density at radius 3 is 2.68 bits per heavy atom. The molecular formula is C29H32N4O5. The number of hydrogen-bond donors (Lipinski definition) is 1. The van der Waals surface area contributed by atoms with Crippen LogP contribution in [-0.4, -0.2) is 74.7 Å². The molecule has 1 saturated heterocycles. The van der Waals surface area contributed by atoms with Gasteiger partial charge in [0.25, 0.3) is 5.91 Å². The van der Waals surface area contributed by atoms with Crippen molar-refractivity contribution in [2.24, 2.45) is 0 Å². The highest BCUT2D eigenvalue weighted by molar-refractivity contribution is 5.97. The van der Waals surface area contributed by atoms with Gasteiger partial charge in [0.2, 0.25) is 5.91 Å². The Morgan fingerprint density at radius 2 is 1.84 bits per heavy atom. The molecule has 2 amide bonds. The summed E-state index contributed by atoms with van der Waals surface area (Å²) >= 11 is 0. The Bertz CT molecular complexity index is 1290. The Hall–Kier alpha value is -3.95. The average molecular weight is 517 g/mol. The number of nitrogens with zero attached hydrogens (tertiary/aromatic N) is 3. The summed E-state index contributed by atoms with van der Waals surface area (Å²) in [6.07, 6.45) is 2.60. The van der Waals surface area contributed by atoms with E-state index < -0.39 is 0 Å². The zero-order chi connectivity index (χ0) is 26.3. The van der Waals surface area contributed by atoms with E-state index in [2.05, 4.69) is 15.2 Å². The number of ether oxygens (including phenoxy) is 3. The standard InChI is InChI=1S/C29H32N4O5/c1-30-29(35)26-20-25(7-9-31-26)38-24-5-6-27-22(19-24)8-10-33(27)28(34)18-21-3-2-4-23(17-21)37-16-13-32-11-14-36-15-12-32/h2-7,9,17,19-20H,8,10-16,18H2,1H3,(H,30,35). The summed E-state index contributed by atoms with van der Waals surface area (Å²) in [4.78, 5) is 33.3. The van der Waals surface area contributed by atoms with Gasteiger partial charge in [0.15, 0.2) is 0 Å². The molecule has 198 valence electrons. The molecule has 2 aromatic carbocycles. The van der Waals surface area contributed by atoms with Crippen LogP contribution in [0.2, 0.25) is 0 Å². The lowest BCUT2D eigenvalue weighted by molar-refractivity contribution is -0.117. The first-order valence-electron chi connectivity index (χ1n) is 12.9. The second-order valence-corrected chi connectivity index (χ2v) is 9.27. The largest absolute Gasteiger partial charge is 0.492 e. The van der Waals surface area contributed by atoms with Crippen molar-refractivity contribution in [1.82, 2.24) is 15.2 Å². The Morgan fingerprint density at radius 1 is 1.00 bits per heavy atom. The van der Waals surface area contributed by atoms with Crippen LogP contribution in [-0.2, 0) is 22.4 Å². The van der Waals surface area contributed by atoms with Crippen molar-refractivity contribution in [1.29, 1.82) is 0 Å². The van der Waals surface area contributed by atoms with Gasteiger partial charge in [-0.25, -0.2) is 0 Å². The molecule has 1 N–H and O–H groups in total. The number of carbonyl (C=O) groups excluding carboxylic acids is 2. The predicted molar refractivity (Wildman–Crippen MR) is 143 cm³/mol. The number of aromatic nitrogens is 1. The third-order valence-electron chi connectivity index (χ3n) is 6.71. The third-order valence-corrected chi connectivity index (χ3v) is 6.71. The molecule has 3 aromatic rings. The van der Waals surface area contributed by atoms with Crippen molar-refractivity contribution in [3.63, 3.8) is 0 Å². The van der Waals surface area contributed by atoms with Gasteiger partial charge in [-0.05, 0) is 53.9 Å². The molecule has 2 aliphatic heterocycles. The van der Waals surface area contributed by atoms with Gasteiger partial charge in [0.05, 0.1) is 19.6 Å². The molecule has 0 saturated carbocycles. The van der Waals surface area contributed by atoms with E-state index in [-0.39, 0.29) is 17.5 Å². The Balaban J connectivity index is 1.18. The SMILES string of the molecule is CNC(=O)c1cc(Oc2ccc3c(c2)CCN3C(=O)Cc2cccc(OCCN3CCOCC3)c2)ccn1. The van der Waals surface area contributed by atoms with E-state index in [0.29, 0.717) is 31.1 Å². The Kier molecular flexibility index (Phi) is 8.15. The third kappa shape index (κ3) is 6.30. The maximum absolute atomic E-state index is 13.2. The van der Waals surface area contributed by atoms with E-state index in [4.69, 9.17) is 14.2 Å². The summed E-state index contributed by atoms with van der Waals surface area (Å²) in [7, 11) is 1.56. The topological polar surface area (TPSA) is 93.2 Å². The zero-order valence-electron chi connectivity index (χ0n) is 21.5. The second-order valence-electron chi connectivity index (χ2n) is 9.27. The first-order chi connectivity index (χ1) is 18.6. The first kappa shape index (κ1) is 25.7. The van der Waals surface area contributed by atoms with E-state index in [9.17, 15) is 9.59 Å². The first-order valence-corrected chi connectivity index (χ1v) is 12.9. The zero-order valence-corrected chi connectivity index (χ0v) is 21.5. The van der Waals surface area contributed by atoms with Crippen LogP contribution in [0, 0.1) is 0 Å². The quantitative estimate of drug-likeness (QED) is 0.467. The summed E-state index contributed by atoms with van der Waals surface area (Å²) in [5.74, 6) is 1.73. The van der Waals surface area contributed by atoms with Crippen molar-refractivity contribution in [3.05, 3.63) is 77.6 Å². The highest BCUT2D eigenvalue weighted by atomic mass is 16.5. The van der Waals surface area contributed by atoms with E-state index >= 15 is 0 Å². The van der Waals surface area contributed by atoms with Crippen molar-refractivity contribution in [2.75, 3.05) is 57.9 Å². The molecular weight excluding hydrogens is 484 g/mol. The predicted octanol–water partition coefficient (Wildman–Crippen LogP) is 3.08. The number of amides is 2. The van der Waals surface area contributed by atoms with Crippen LogP contribution >= 0.6 is 0 Å². The van der Waals surface area contributed by atoms with E-state index in [1.54, 1.807) is 19.2 Å². The molecule has 2 aliphatic rings. The molecule has 0 unspecified atom stereocenters. The van der Waals surface area contributed by atoms with E-state index in [0.717, 1.165) is 61.8 Å². The molecule has 9 nitrogen and oxygen atoms in total. The number of nitrogens with one attached hydrogen (secondary N) is 1. The van der Waals surface area contributed by atoms with Gasteiger partial charge in [0.1, 0.15) is 29.5 Å². The summed E-state index contributed by atoms with van der Waals surface area (Å²) < 4.78 is 17.3. The molecule has 1 fully saturated rings. The number of fused-ring (bicyclic) bond motifs is 1. The van der Waals surface area contributed by atoms with Gasteiger partial charge in [-0.1, -0.05) is 12.1 Å². The summed E-state index contributed by atoms with van der Waals surface area (Å²) in [6, 6.07) is 16.8. The Labute approximate surface area is 222 Å². The minimum Gasteiger partial charge on any atom is -0.492 e. The van der Waals surface area contributed by atoms with Crippen LogP contribution in [0.4, 0.5) is 5.69 Å². The summed E-state index contributed by atoms with van der Waals surface area (Å²) in [6.45, 7) is 5.51. The molecule has 1 aromatic heterocycles. The fraction of sp³-hybridized carbons (Fsp3) is 0.345. The summed E-state index contributed by atoms with van der Waals surface area (Å²) in [5, 5.41) is 2.56. The van der Waals surface area contributed by atoms with Crippen molar-refractivity contribution >= 4 is 17.5 Å². The fourth-order valence-corrected chi connectivity index (χ4v) is 4.70.